The number of hydrogen-bond acceptors (Lipinski definition) is 7. The number of carboxylic acids is 1. The topological polar surface area (TPSA) is 128 Å². The highest BCUT2D eigenvalue weighted by molar-refractivity contribution is 6.04. The van der Waals surface area contributed by atoms with E-state index in [2.05, 4.69) is 0 Å². The zero-order chi connectivity index (χ0) is 36.9. The van der Waals surface area contributed by atoms with Gasteiger partial charge in [-0.15, -0.1) is 0 Å². The second-order valence-electron chi connectivity index (χ2n) is 14.1. The fourth-order valence-electron chi connectivity index (χ4n) is 6.51. The van der Waals surface area contributed by atoms with Crippen LogP contribution in [-0.4, -0.2) is 73.4 Å². The molecule has 2 heterocycles. The molecule has 0 aliphatic carbocycles. The summed E-state index contributed by atoms with van der Waals surface area (Å²) in [5.74, 6) is -0.255. The number of fused-ring (bicyclic) bond motifs is 2. The minimum Gasteiger partial charge on any atom is -0.493 e. The maximum atomic E-state index is 13.2. The third-order valence-electron chi connectivity index (χ3n) is 8.76. The van der Waals surface area contributed by atoms with Gasteiger partial charge in [-0.25, -0.2) is 9.59 Å². The van der Waals surface area contributed by atoms with E-state index in [1.54, 1.807) is 18.8 Å². The van der Waals surface area contributed by atoms with Crippen molar-refractivity contribution in [3.63, 3.8) is 0 Å². The summed E-state index contributed by atoms with van der Waals surface area (Å²) in [6, 6.07) is 19.8. The molecule has 0 saturated heterocycles. The first-order valence-corrected chi connectivity index (χ1v) is 17.5. The quantitative estimate of drug-likeness (QED) is 0.107. The zero-order valence-corrected chi connectivity index (χ0v) is 30.7. The number of hydrogen-bond donors (Lipinski definition) is 2. The molecule has 2 aromatic heterocycles. The van der Waals surface area contributed by atoms with Gasteiger partial charge in [0.15, 0.2) is 0 Å². The van der Waals surface area contributed by atoms with E-state index in [9.17, 15) is 19.8 Å². The molecule has 0 bridgehead atoms. The molecule has 2 N–H and O–H groups in total. The fraction of sp³-hybridized carbons (Fsp3) is 0.425. The van der Waals surface area contributed by atoms with Crippen LogP contribution in [0.15, 0.2) is 60.7 Å². The molecule has 0 saturated carbocycles. The molecule has 11 nitrogen and oxygen atoms in total. The number of rotatable bonds is 15. The standard InChI is InChI=1S/C40H50N4O7/c1-26(2)50-25-32-35(33(24-45)43(7)41-32)31-18-11-17-29-30(19-12-23-49-34-20-10-15-27-14-8-9-16-28(27)34)37(38(46)47)44(36(29)31)22-13-21-42(6)39(48)51-40(3,4)5/h8-11,14-18,20,26,45H,12-13,19,21-25H2,1-7H3,(H,46,47). The van der Waals surface area contributed by atoms with Crippen molar-refractivity contribution >= 4 is 33.7 Å². The van der Waals surface area contributed by atoms with Crippen molar-refractivity contribution in [2.24, 2.45) is 7.05 Å². The van der Waals surface area contributed by atoms with Gasteiger partial charge >= 0.3 is 12.1 Å². The Morgan fingerprint density at radius 2 is 1.69 bits per heavy atom. The molecule has 272 valence electrons. The van der Waals surface area contributed by atoms with Gasteiger partial charge in [0.05, 0.1) is 42.8 Å². The lowest BCUT2D eigenvalue weighted by Gasteiger charge is -2.24. The van der Waals surface area contributed by atoms with Gasteiger partial charge in [-0.05, 0) is 70.9 Å². The largest absolute Gasteiger partial charge is 0.493 e. The van der Waals surface area contributed by atoms with Crippen LogP contribution in [0.5, 0.6) is 5.75 Å². The van der Waals surface area contributed by atoms with E-state index in [0.29, 0.717) is 55.9 Å². The molecule has 0 unspecified atom stereocenters. The molecule has 0 fully saturated rings. The Hall–Kier alpha value is -4.87. The van der Waals surface area contributed by atoms with Gasteiger partial charge < -0.3 is 33.9 Å². The third kappa shape index (κ3) is 8.54. The number of para-hydroxylation sites is 1. The molecule has 0 aliphatic rings. The maximum Gasteiger partial charge on any atom is 0.410 e. The Labute approximate surface area is 299 Å². The summed E-state index contributed by atoms with van der Waals surface area (Å²) in [5.41, 5.74) is 3.73. The fourth-order valence-corrected chi connectivity index (χ4v) is 6.51. The number of amides is 1. The summed E-state index contributed by atoms with van der Waals surface area (Å²) in [4.78, 5) is 27.4. The number of aliphatic hydroxyl groups is 1. The number of ether oxygens (including phenoxy) is 3. The van der Waals surface area contributed by atoms with Gasteiger partial charge in [0.2, 0.25) is 0 Å². The van der Waals surface area contributed by atoms with Crippen LogP contribution in [0.4, 0.5) is 4.79 Å². The summed E-state index contributed by atoms with van der Waals surface area (Å²) in [6.45, 7) is 10.4. The number of carbonyl (C=O) groups is 2. The zero-order valence-electron chi connectivity index (χ0n) is 30.7. The summed E-state index contributed by atoms with van der Waals surface area (Å²) in [6.07, 6.45) is 1.03. The number of aliphatic hydroxyl groups excluding tert-OH is 1. The highest BCUT2D eigenvalue weighted by Gasteiger charge is 2.28. The average molecular weight is 699 g/mol. The second kappa shape index (κ2) is 16.0. The maximum absolute atomic E-state index is 13.2. The van der Waals surface area contributed by atoms with Crippen molar-refractivity contribution in [1.82, 2.24) is 19.2 Å². The smallest absolute Gasteiger partial charge is 0.410 e. The normalized spacial score (nSPS) is 11.9. The summed E-state index contributed by atoms with van der Waals surface area (Å²) < 4.78 is 21.2. The van der Waals surface area contributed by atoms with Gasteiger partial charge in [-0.2, -0.15) is 5.10 Å². The molecular formula is C40H50N4O7. The van der Waals surface area contributed by atoms with Crippen LogP contribution < -0.4 is 4.74 Å². The Bertz CT molecular complexity index is 2000. The molecule has 0 atom stereocenters. The molecule has 0 radical (unpaired) electrons. The van der Waals surface area contributed by atoms with Crippen LogP contribution in [0.1, 0.15) is 74.9 Å². The van der Waals surface area contributed by atoms with E-state index in [4.69, 9.17) is 19.3 Å². The van der Waals surface area contributed by atoms with Crippen molar-refractivity contribution in [3.05, 3.63) is 83.3 Å². The van der Waals surface area contributed by atoms with Crippen LogP contribution in [0.25, 0.3) is 32.8 Å². The average Bonchev–Trinajstić information content (AvgIpc) is 3.58. The SMILES string of the molecule is CC(C)OCc1nn(C)c(CO)c1-c1cccc2c(CCCOc3cccc4ccccc34)c(C(=O)O)n(CCCN(C)C(=O)OC(C)(C)C)c12. The molecule has 5 rings (SSSR count). The minimum atomic E-state index is -1.04. The van der Waals surface area contributed by atoms with Crippen molar-refractivity contribution in [3.8, 4) is 16.9 Å². The third-order valence-corrected chi connectivity index (χ3v) is 8.76. The monoisotopic (exact) mass is 698 g/mol. The van der Waals surface area contributed by atoms with E-state index < -0.39 is 17.7 Å². The highest BCUT2D eigenvalue weighted by Crippen LogP contribution is 2.39. The van der Waals surface area contributed by atoms with E-state index in [1.165, 1.54) is 4.90 Å². The number of carboxylic acid groups (broad SMARTS) is 1. The molecule has 5 aromatic rings. The molecule has 0 spiro atoms. The summed E-state index contributed by atoms with van der Waals surface area (Å²) in [7, 11) is 3.46. The summed E-state index contributed by atoms with van der Waals surface area (Å²) >= 11 is 0. The van der Waals surface area contributed by atoms with Crippen LogP contribution in [0, 0.1) is 0 Å². The first kappa shape index (κ1) is 37.4. The predicted octanol–water partition coefficient (Wildman–Crippen LogP) is 7.58. The second-order valence-corrected chi connectivity index (χ2v) is 14.1. The van der Waals surface area contributed by atoms with Gasteiger partial charge in [0, 0.05) is 49.1 Å². The number of aromatic carboxylic acids is 1. The number of benzene rings is 3. The van der Waals surface area contributed by atoms with E-state index in [1.807, 2.05) is 99.8 Å². The molecule has 11 heteroatoms. The highest BCUT2D eigenvalue weighted by atomic mass is 16.6. The van der Waals surface area contributed by atoms with Crippen molar-refractivity contribution in [2.45, 2.75) is 85.3 Å². The lowest BCUT2D eigenvalue weighted by molar-refractivity contribution is 0.0294. The number of aryl methyl sites for hydroxylation is 3. The summed E-state index contributed by atoms with van der Waals surface area (Å²) in [5, 5.41) is 28.9. The van der Waals surface area contributed by atoms with Crippen molar-refractivity contribution in [2.75, 3.05) is 20.2 Å². The molecule has 0 aliphatic heterocycles. The van der Waals surface area contributed by atoms with Crippen LogP contribution in [0.2, 0.25) is 0 Å². The Morgan fingerprint density at radius 3 is 2.39 bits per heavy atom. The van der Waals surface area contributed by atoms with Gasteiger partial charge in [0.1, 0.15) is 17.0 Å². The number of aromatic nitrogens is 3. The van der Waals surface area contributed by atoms with Crippen molar-refractivity contribution < 1.29 is 34.0 Å². The van der Waals surface area contributed by atoms with E-state index in [-0.39, 0.29) is 25.0 Å². The van der Waals surface area contributed by atoms with Crippen molar-refractivity contribution in [1.29, 1.82) is 0 Å². The van der Waals surface area contributed by atoms with Gasteiger partial charge in [-0.1, -0.05) is 54.6 Å². The van der Waals surface area contributed by atoms with Gasteiger partial charge in [0.25, 0.3) is 0 Å². The lowest BCUT2D eigenvalue weighted by atomic mass is 9.98. The van der Waals surface area contributed by atoms with Gasteiger partial charge in [-0.3, -0.25) is 4.68 Å². The minimum absolute atomic E-state index is 0.0413. The lowest BCUT2D eigenvalue weighted by Crippen LogP contribution is -2.35. The Balaban J connectivity index is 1.55. The Kier molecular flexibility index (Phi) is 11.7. The van der Waals surface area contributed by atoms with Crippen LogP contribution >= 0.6 is 0 Å². The first-order chi connectivity index (χ1) is 24.3. The van der Waals surface area contributed by atoms with E-state index >= 15 is 0 Å². The molecular weight excluding hydrogens is 648 g/mol. The van der Waals surface area contributed by atoms with Crippen LogP contribution in [0.3, 0.4) is 0 Å². The Morgan fingerprint density at radius 1 is 0.980 bits per heavy atom. The molecule has 3 aromatic carbocycles. The first-order valence-electron chi connectivity index (χ1n) is 17.5. The predicted molar refractivity (Wildman–Crippen MR) is 198 cm³/mol. The number of carbonyl (C=O) groups excluding carboxylic acids is 1. The van der Waals surface area contributed by atoms with Crippen LogP contribution in [-0.2, 0) is 42.7 Å². The number of nitrogens with zero attached hydrogens (tertiary/aromatic N) is 4. The molecule has 1 amide bonds. The molecule has 51 heavy (non-hydrogen) atoms. The van der Waals surface area contributed by atoms with E-state index in [0.717, 1.165) is 38.6 Å².